The van der Waals surface area contributed by atoms with E-state index in [9.17, 15) is 19.2 Å². The molecule has 3 aliphatic heterocycles. The maximum atomic E-state index is 14.1. The third-order valence-electron chi connectivity index (χ3n) is 13.1. The third kappa shape index (κ3) is 8.40. The summed E-state index contributed by atoms with van der Waals surface area (Å²) < 4.78 is 21.6. The summed E-state index contributed by atoms with van der Waals surface area (Å²) in [7, 11) is 4.25. The van der Waals surface area contributed by atoms with Crippen molar-refractivity contribution in [2.75, 3.05) is 41.0 Å². The number of aromatic amines is 2. The number of hydrogen-bond acceptors (Lipinski definition) is 10. The molecule has 16 heteroatoms. The molecule has 334 valence electrons. The van der Waals surface area contributed by atoms with Gasteiger partial charge in [0.15, 0.2) is 0 Å². The van der Waals surface area contributed by atoms with Crippen molar-refractivity contribution in [3.8, 4) is 28.1 Å². The van der Waals surface area contributed by atoms with Crippen LogP contribution in [0, 0.1) is 23.7 Å². The van der Waals surface area contributed by atoms with Gasteiger partial charge in [0.05, 0.1) is 55.8 Å². The highest BCUT2D eigenvalue weighted by Gasteiger charge is 2.43. The van der Waals surface area contributed by atoms with Gasteiger partial charge in [0, 0.05) is 37.1 Å². The summed E-state index contributed by atoms with van der Waals surface area (Å²) in [5, 5.41) is 7.47. The molecule has 63 heavy (non-hydrogen) atoms. The Labute approximate surface area is 366 Å². The van der Waals surface area contributed by atoms with Gasteiger partial charge in [-0.25, -0.2) is 19.6 Å². The molecular weight excluding hydrogens is 805 g/mol. The molecule has 5 heterocycles. The Kier molecular flexibility index (Phi) is 12.4. The largest absolute Gasteiger partial charge is 0.488 e. The number of imidazole rings is 2. The summed E-state index contributed by atoms with van der Waals surface area (Å²) in [5.41, 5.74) is 6.52. The fourth-order valence-electron chi connectivity index (χ4n) is 9.55. The zero-order chi connectivity index (χ0) is 44.7. The van der Waals surface area contributed by atoms with Crippen LogP contribution >= 0.6 is 0 Å². The Morgan fingerprint density at radius 3 is 2.29 bits per heavy atom. The minimum atomic E-state index is -0.762. The van der Waals surface area contributed by atoms with E-state index >= 15 is 0 Å². The summed E-state index contributed by atoms with van der Waals surface area (Å²) in [4.78, 5) is 73.0. The third-order valence-corrected chi connectivity index (χ3v) is 13.1. The van der Waals surface area contributed by atoms with Crippen LogP contribution in [0.5, 0.6) is 5.75 Å². The first-order valence-corrected chi connectivity index (χ1v) is 21.9. The number of H-pyrrole nitrogens is 2. The quantitative estimate of drug-likeness (QED) is 0.0992. The van der Waals surface area contributed by atoms with E-state index in [1.807, 2.05) is 49.8 Å². The highest BCUT2D eigenvalue weighted by Crippen LogP contribution is 2.44. The van der Waals surface area contributed by atoms with E-state index in [0.717, 1.165) is 68.3 Å². The molecule has 4 N–H and O–H groups in total. The van der Waals surface area contributed by atoms with Crippen LogP contribution in [-0.4, -0.2) is 107 Å². The van der Waals surface area contributed by atoms with Gasteiger partial charge in [-0.05, 0) is 76.9 Å². The number of nitrogens with zero attached hydrogens (tertiary/aromatic N) is 4. The minimum Gasteiger partial charge on any atom is -0.488 e. The number of alkyl carbamates (subject to hydrolysis) is 2. The first-order chi connectivity index (χ1) is 30.3. The number of ether oxygens (including phenoxy) is 4. The number of carbonyl (C=O) groups excluding carboxylic acids is 4. The van der Waals surface area contributed by atoms with Gasteiger partial charge < -0.3 is 49.3 Å². The molecule has 0 aliphatic carbocycles. The van der Waals surface area contributed by atoms with Gasteiger partial charge in [0.25, 0.3) is 0 Å². The average Bonchev–Trinajstić information content (AvgIpc) is 4.11. The van der Waals surface area contributed by atoms with Crippen LogP contribution in [0.2, 0.25) is 0 Å². The maximum absolute atomic E-state index is 14.1. The van der Waals surface area contributed by atoms with E-state index in [1.165, 1.54) is 14.2 Å². The van der Waals surface area contributed by atoms with E-state index in [1.54, 1.807) is 7.11 Å². The molecule has 4 unspecified atom stereocenters. The summed E-state index contributed by atoms with van der Waals surface area (Å²) in [6.07, 6.45) is 2.67. The molecule has 0 saturated carbocycles. The maximum Gasteiger partial charge on any atom is 0.407 e. The Morgan fingerprint density at radius 1 is 0.857 bits per heavy atom. The lowest BCUT2D eigenvalue weighted by Gasteiger charge is -2.30. The summed E-state index contributed by atoms with van der Waals surface area (Å²) >= 11 is 0. The molecule has 3 aliphatic rings. The van der Waals surface area contributed by atoms with Crippen LogP contribution in [0.1, 0.15) is 83.2 Å². The fraction of sp³-hybridized carbons (Fsp3) is 0.489. The van der Waals surface area contributed by atoms with Crippen molar-refractivity contribution >= 4 is 45.8 Å². The number of rotatable bonds is 12. The minimum absolute atomic E-state index is 0.0789. The van der Waals surface area contributed by atoms with Crippen molar-refractivity contribution in [2.45, 2.75) is 84.7 Å². The van der Waals surface area contributed by atoms with Crippen molar-refractivity contribution in [1.82, 2.24) is 40.4 Å². The van der Waals surface area contributed by atoms with Gasteiger partial charge in [0.1, 0.15) is 36.1 Å². The van der Waals surface area contributed by atoms with Gasteiger partial charge in [-0.15, -0.1) is 0 Å². The second kappa shape index (κ2) is 17.9. The molecule has 0 bridgehead atoms. The van der Waals surface area contributed by atoms with Crippen molar-refractivity contribution in [3.63, 3.8) is 0 Å². The molecule has 7 atom stereocenters. The second-order valence-electron chi connectivity index (χ2n) is 17.8. The molecule has 4 amide bonds. The normalized spacial score (nSPS) is 20.8. The van der Waals surface area contributed by atoms with Gasteiger partial charge in [-0.3, -0.25) is 9.59 Å². The molecule has 16 nitrogen and oxygen atoms in total. The van der Waals surface area contributed by atoms with Crippen LogP contribution in [0.15, 0.2) is 48.7 Å². The van der Waals surface area contributed by atoms with E-state index in [0.29, 0.717) is 44.4 Å². The first kappa shape index (κ1) is 43.5. The lowest BCUT2D eigenvalue weighted by molar-refractivity contribution is -0.136. The highest BCUT2D eigenvalue weighted by atomic mass is 16.5. The van der Waals surface area contributed by atoms with Crippen LogP contribution in [-0.2, 0) is 30.4 Å². The highest BCUT2D eigenvalue weighted by molar-refractivity contribution is 6.07. The van der Waals surface area contributed by atoms with E-state index in [2.05, 4.69) is 63.9 Å². The lowest BCUT2D eigenvalue weighted by Crippen LogP contribution is -2.51. The smallest absolute Gasteiger partial charge is 0.407 e. The molecule has 8 rings (SSSR count). The van der Waals surface area contributed by atoms with Crippen molar-refractivity contribution in [1.29, 1.82) is 0 Å². The molecule has 2 aromatic heterocycles. The topological polar surface area (TPSA) is 193 Å². The van der Waals surface area contributed by atoms with Crippen molar-refractivity contribution in [3.05, 3.63) is 65.9 Å². The van der Waals surface area contributed by atoms with Crippen LogP contribution < -0.4 is 15.4 Å². The number of hydrogen-bond donors (Lipinski definition) is 4. The molecule has 0 radical (unpaired) electrons. The number of aromatic nitrogens is 4. The van der Waals surface area contributed by atoms with Crippen LogP contribution in [0.25, 0.3) is 44.2 Å². The zero-order valence-electron chi connectivity index (χ0n) is 37.2. The molecule has 0 spiro atoms. The number of fused-ring (bicyclic) bond motifs is 6. The number of amides is 4. The second-order valence-corrected chi connectivity index (χ2v) is 17.8. The summed E-state index contributed by atoms with van der Waals surface area (Å²) in [5.74, 6) is 1.93. The average molecular weight is 863 g/mol. The van der Waals surface area contributed by atoms with Gasteiger partial charge in [-0.1, -0.05) is 59.2 Å². The fourth-order valence-corrected chi connectivity index (χ4v) is 9.55. The molecule has 2 fully saturated rings. The molecule has 5 aromatic rings. The monoisotopic (exact) mass is 862 g/mol. The van der Waals surface area contributed by atoms with Crippen LogP contribution in [0.4, 0.5) is 9.59 Å². The Balaban J connectivity index is 1.05. The Morgan fingerprint density at radius 2 is 1.57 bits per heavy atom. The predicted molar refractivity (Wildman–Crippen MR) is 237 cm³/mol. The van der Waals surface area contributed by atoms with E-state index in [4.69, 9.17) is 28.9 Å². The van der Waals surface area contributed by atoms with Crippen LogP contribution in [0.3, 0.4) is 0 Å². The molecule has 2 saturated heterocycles. The van der Waals surface area contributed by atoms with Gasteiger partial charge in [-0.2, -0.15) is 0 Å². The number of carbonyl (C=O) groups is 4. The van der Waals surface area contributed by atoms with E-state index in [-0.39, 0.29) is 47.6 Å². The first-order valence-electron chi connectivity index (χ1n) is 21.9. The van der Waals surface area contributed by atoms with Crippen molar-refractivity contribution < 1.29 is 38.1 Å². The SMILES string of the molecule is CCC(C)C(NC(=O)OC)C(=O)N1C[C@@H](C)C[C@H]1c1ncc(-c2ccc3c(c2)COc2cc4c(ccc5nc([C@@H]6CC(COC)CN6C(=O)C(NC(=O)OC)C(C)C)[nH]c54)cc2-3)[nH]1. The number of methoxy groups -OCH3 is 3. The number of likely N-dealkylation sites (tertiary alicyclic amines) is 2. The van der Waals surface area contributed by atoms with E-state index < -0.39 is 24.3 Å². The number of benzene rings is 3. The summed E-state index contributed by atoms with van der Waals surface area (Å²) in [6, 6.07) is 12.5. The molecule has 3 aromatic carbocycles. The van der Waals surface area contributed by atoms with Gasteiger partial charge in [0.2, 0.25) is 11.8 Å². The number of nitrogens with one attached hydrogen (secondary N) is 4. The van der Waals surface area contributed by atoms with Gasteiger partial charge >= 0.3 is 12.2 Å². The predicted octanol–water partition coefficient (Wildman–Crippen LogP) is 7.26. The summed E-state index contributed by atoms with van der Waals surface area (Å²) in [6.45, 7) is 11.8. The standard InChI is InChI=1S/C47H58N8O8/c1-9-26(5)40(53-47(59)62-8)45(57)54-20-25(4)14-36(54)42-48-19-35(50-42)29-10-12-31-30(16-29)23-63-38-18-32-28(17-33(31)38)11-13-34-41(32)51-43(49-34)37-15-27(22-60-6)21-55(37)44(56)39(24(2)3)52-46(58)61-7/h10-13,16-19,24-27,36-37,39-40H,9,14-15,20-23H2,1-8H3,(H,48,50)(H,49,51)(H,52,58)(H,53,59)/t25-,26?,27?,36-,37-,39?,40?/m0/s1. The lowest BCUT2D eigenvalue weighted by atomic mass is 9.92. The Hall–Kier alpha value is -6.16. The zero-order valence-corrected chi connectivity index (χ0v) is 37.2. The Bertz CT molecular complexity index is 2530. The van der Waals surface area contributed by atoms with Crippen molar-refractivity contribution in [2.24, 2.45) is 23.7 Å². The molecular formula is C47H58N8O8.